The molecule has 72 valence electrons. The topological polar surface area (TPSA) is 90.2 Å². The van der Waals surface area contributed by atoms with Gasteiger partial charge in [-0.2, -0.15) is 0 Å². The van der Waals surface area contributed by atoms with Crippen LogP contribution in [-0.4, -0.2) is 56.9 Å². The van der Waals surface area contributed by atoms with Crippen LogP contribution in [0, 0.1) is 0 Å². The third-order valence-corrected chi connectivity index (χ3v) is 2.27. The Morgan fingerprint density at radius 3 is 2.25 bits per heavy atom. The van der Waals surface area contributed by atoms with Gasteiger partial charge in [0.25, 0.3) is 0 Å². The fourth-order valence-electron chi connectivity index (χ4n) is 1.11. The molecule has 5 nitrogen and oxygen atoms in total. The highest BCUT2D eigenvalue weighted by Crippen LogP contribution is 2.25. The van der Waals surface area contributed by atoms with E-state index in [4.69, 9.17) is 20.1 Å². The molecule has 0 aromatic carbocycles. The van der Waals surface area contributed by atoms with Gasteiger partial charge in [0.05, 0.1) is 6.61 Å². The lowest BCUT2D eigenvalue weighted by Gasteiger charge is -2.18. The summed E-state index contributed by atoms with van der Waals surface area (Å²) in [5.41, 5.74) is -0.814. The Morgan fingerprint density at radius 1 is 1.33 bits per heavy atom. The minimum Gasteiger partial charge on any atom is -0.394 e. The van der Waals surface area contributed by atoms with Gasteiger partial charge in [-0.25, -0.2) is 0 Å². The van der Waals surface area contributed by atoms with E-state index in [1.807, 2.05) is 0 Å². The first-order chi connectivity index (χ1) is 5.57. The van der Waals surface area contributed by atoms with Crippen molar-refractivity contribution in [2.24, 2.45) is 0 Å². The minimum absolute atomic E-state index is 0.519. The van der Waals surface area contributed by atoms with Crippen molar-refractivity contribution in [2.75, 3.05) is 6.61 Å². The molecule has 0 saturated carbocycles. The lowest BCUT2D eigenvalue weighted by atomic mass is 10.1. The van der Waals surface area contributed by atoms with E-state index >= 15 is 0 Å². The van der Waals surface area contributed by atoms with Gasteiger partial charge in [0, 0.05) is 0 Å². The Balaban J connectivity index is 2.58. The fraction of sp³-hybridized carbons (Fsp3) is 1.00. The third-order valence-electron chi connectivity index (χ3n) is 1.84. The summed E-state index contributed by atoms with van der Waals surface area (Å²) in [6.45, 7) is -0.519. The van der Waals surface area contributed by atoms with Crippen molar-refractivity contribution in [3.8, 4) is 0 Å². The van der Waals surface area contributed by atoms with E-state index in [-0.39, 0.29) is 0 Å². The zero-order chi connectivity index (χ0) is 9.30. The average molecular weight is 196 g/mol. The summed E-state index contributed by atoms with van der Waals surface area (Å²) in [4.78, 5) is 0. The van der Waals surface area contributed by atoms with Crippen LogP contribution in [-0.2, 0) is 4.74 Å². The normalized spacial score (nSPS) is 44.8. The van der Waals surface area contributed by atoms with E-state index in [0.717, 1.165) is 0 Å². The Kier molecular flexibility index (Phi) is 3.33. The number of aliphatic hydroxyl groups is 4. The molecule has 0 aromatic heterocycles. The molecule has 1 fully saturated rings. The zero-order valence-electron chi connectivity index (χ0n) is 6.24. The van der Waals surface area contributed by atoms with Crippen molar-refractivity contribution in [1.82, 2.24) is 0 Å². The first kappa shape index (κ1) is 10.2. The Labute approximate surface area is 75.0 Å². The van der Waals surface area contributed by atoms with Crippen LogP contribution in [0.4, 0.5) is 0 Å². The molecule has 0 amide bonds. The van der Waals surface area contributed by atoms with Crippen molar-refractivity contribution in [1.29, 1.82) is 0 Å². The fourth-order valence-corrected chi connectivity index (χ4v) is 1.42. The molecule has 5 atom stereocenters. The summed E-state index contributed by atoms with van der Waals surface area (Å²) in [6, 6.07) is 0. The van der Waals surface area contributed by atoms with Crippen LogP contribution in [0.5, 0.6) is 0 Å². The molecule has 0 aromatic rings. The van der Waals surface area contributed by atoms with Crippen LogP contribution in [0.3, 0.4) is 0 Å². The lowest BCUT2D eigenvalue weighted by molar-refractivity contribution is -0.0711. The summed E-state index contributed by atoms with van der Waals surface area (Å²) in [7, 11) is 0. The number of ether oxygens (including phenoxy) is 1. The summed E-state index contributed by atoms with van der Waals surface area (Å²) in [5, 5.41) is 36.0. The van der Waals surface area contributed by atoms with E-state index in [9.17, 15) is 5.11 Å². The molecule has 0 aliphatic carbocycles. The third kappa shape index (κ3) is 1.73. The summed E-state index contributed by atoms with van der Waals surface area (Å²) < 4.78 is 4.89. The maximum atomic E-state index is 9.23. The van der Waals surface area contributed by atoms with Gasteiger partial charge in [0.2, 0.25) is 0 Å². The Bertz CT molecular complexity index is 155. The van der Waals surface area contributed by atoms with E-state index in [1.165, 1.54) is 0 Å². The summed E-state index contributed by atoms with van der Waals surface area (Å²) >= 11 is 3.81. The molecule has 1 rings (SSSR count). The van der Waals surface area contributed by atoms with Crippen molar-refractivity contribution in [2.45, 2.75) is 29.9 Å². The van der Waals surface area contributed by atoms with Gasteiger partial charge in [0.15, 0.2) is 0 Å². The van der Waals surface area contributed by atoms with Gasteiger partial charge in [-0.15, -0.1) is 12.6 Å². The van der Waals surface area contributed by atoms with Gasteiger partial charge >= 0.3 is 0 Å². The average Bonchev–Trinajstić information content (AvgIpc) is 2.32. The molecular formula is C6H12O5S. The SMILES string of the molecule is OC[C@@H](O)[C@H]1O[C@@H](S)[C@H](O)[C@H]1O. The van der Waals surface area contributed by atoms with Gasteiger partial charge in [-0.05, 0) is 0 Å². The van der Waals surface area contributed by atoms with Crippen LogP contribution >= 0.6 is 12.6 Å². The highest BCUT2D eigenvalue weighted by molar-refractivity contribution is 7.80. The van der Waals surface area contributed by atoms with Gasteiger partial charge in [-0.1, -0.05) is 0 Å². The number of rotatable bonds is 2. The van der Waals surface area contributed by atoms with E-state index in [2.05, 4.69) is 12.6 Å². The van der Waals surface area contributed by atoms with Crippen molar-refractivity contribution in [3.63, 3.8) is 0 Å². The highest BCUT2D eigenvalue weighted by Gasteiger charge is 2.44. The molecular weight excluding hydrogens is 184 g/mol. The predicted octanol–water partition coefficient (Wildman–Crippen LogP) is -2.28. The van der Waals surface area contributed by atoms with Gasteiger partial charge in [0.1, 0.15) is 29.9 Å². The van der Waals surface area contributed by atoms with Crippen molar-refractivity contribution in [3.05, 3.63) is 0 Å². The van der Waals surface area contributed by atoms with Crippen molar-refractivity contribution >= 4 is 12.6 Å². The minimum atomic E-state index is -1.20. The van der Waals surface area contributed by atoms with Crippen LogP contribution in [0.15, 0.2) is 0 Å². The number of hydrogen-bond donors (Lipinski definition) is 5. The monoisotopic (exact) mass is 196 g/mol. The smallest absolute Gasteiger partial charge is 0.129 e. The molecule has 1 saturated heterocycles. The molecule has 0 spiro atoms. The summed E-state index contributed by atoms with van der Waals surface area (Å²) in [6.07, 6.45) is -4.48. The standard InChI is InChI=1S/C6H12O5S/c7-1-2(8)5-3(9)4(10)6(12)11-5/h2-10,12H,1H2/t2-,3-,4-,5-,6+/m1/s1. The van der Waals surface area contributed by atoms with E-state index in [1.54, 1.807) is 0 Å². The van der Waals surface area contributed by atoms with E-state index in [0.29, 0.717) is 0 Å². The molecule has 0 bridgehead atoms. The van der Waals surface area contributed by atoms with Gasteiger partial charge < -0.3 is 25.2 Å². The second kappa shape index (κ2) is 3.91. The molecule has 12 heavy (non-hydrogen) atoms. The zero-order valence-corrected chi connectivity index (χ0v) is 7.13. The second-order valence-electron chi connectivity index (χ2n) is 2.72. The molecule has 1 heterocycles. The van der Waals surface area contributed by atoms with Crippen molar-refractivity contribution < 1.29 is 25.2 Å². The lowest BCUT2D eigenvalue weighted by Crippen LogP contribution is -2.40. The molecule has 4 N–H and O–H groups in total. The first-order valence-electron chi connectivity index (χ1n) is 3.56. The largest absolute Gasteiger partial charge is 0.394 e. The number of hydrogen-bond acceptors (Lipinski definition) is 6. The maximum absolute atomic E-state index is 9.23. The van der Waals surface area contributed by atoms with Crippen LogP contribution in [0.2, 0.25) is 0 Å². The van der Waals surface area contributed by atoms with Crippen LogP contribution in [0.1, 0.15) is 0 Å². The maximum Gasteiger partial charge on any atom is 0.129 e. The van der Waals surface area contributed by atoms with E-state index < -0.39 is 36.5 Å². The first-order valence-corrected chi connectivity index (χ1v) is 4.08. The molecule has 0 unspecified atom stereocenters. The predicted molar refractivity (Wildman–Crippen MR) is 42.8 cm³/mol. The van der Waals surface area contributed by atoms with Crippen LogP contribution in [0.25, 0.3) is 0 Å². The molecule has 6 heteroatoms. The number of aliphatic hydroxyl groups excluding tert-OH is 4. The van der Waals surface area contributed by atoms with Gasteiger partial charge in [-0.3, -0.25) is 0 Å². The molecule has 1 aliphatic rings. The Morgan fingerprint density at radius 2 is 1.92 bits per heavy atom. The number of thiol groups is 1. The highest BCUT2D eigenvalue weighted by atomic mass is 32.1. The molecule has 1 aliphatic heterocycles. The summed E-state index contributed by atoms with van der Waals surface area (Å²) in [5.74, 6) is 0. The molecule has 0 radical (unpaired) electrons. The second-order valence-corrected chi connectivity index (χ2v) is 3.23. The Hall–Kier alpha value is 0.150. The van der Waals surface area contributed by atoms with Crippen LogP contribution < -0.4 is 0 Å². The quantitative estimate of drug-likeness (QED) is 0.321.